The summed E-state index contributed by atoms with van der Waals surface area (Å²) < 4.78 is 27.1. The zero-order valence-electron chi connectivity index (χ0n) is 13.4. The van der Waals surface area contributed by atoms with Gasteiger partial charge in [0.25, 0.3) is 5.69 Å². The van der Waals surface area contributed by atoms with E-state index in [1.807, 2.05) is 6.92 Å². The predicted octanol–water partition coefficient (Wildman–Crippen LogP) is 3.41. The van der Waals surface area contributed by atoms with Gasteiger partial charge in [-0.1, -0.05) is 39.0 Å². The third kappa shape index (κ3) is 5.32. The number of nitro groups is 1. The Labute approximate surface area is 137 Å². The first kappa shape index (κ1) is 19.1. The number of hydrogen-bond donors (Lipinski definition) is 1. The van der Waals surface area contributed by atoms with Gasteiger partial charge in [-0.15, -0.1) is 5.73 Å². The molecule has 0 saturated carbocycles. The summed E-state index contributed by atoms with van der Waals surface area (Å²) in [6.07, 6.45) is 2.83. The molecule has 23 heavy (non-hydrogen) atoms. The van der Waals surface area contributed by atoms with Crippen LogP contribution in [-0.2, 0) is 10.0 Å². The monoisotopic (exact) mass is 338 g/mol. The van der Waals surface area contributed by atoms with Crippen molar-refractivity contribution in [3.05, 3.63) is 52.3 Å². The molecule has 0 amide bonds. The summed E-state index contributed by atoms with van der Waals surface area (Å²) in [6, 6.07) is 5.30. The Morgan fingerprint density at radius 1 is 1.43 bits per heavy atom. The van der Waals surface area contributed by atoms with Crippen LogP contribution in [0.2, 0.25) is 0 Å². The first-order valence-corrected chi connectivity index (χ1v) is 8.93. The summed E-state index contributed by atoms with van der Waals surface area (Å²) in [4.78, 5) is 9.95. The maximum absolute atomic E-state index is 12.3. The van der Waals surface area contributed by atoms with Crippen molar-refractivity contribution in [1.82, 2.24) is 4.72 Å². The standard InChI is InChI=1S/C16H22N2O4S/c1-4-6-9-14(5-2)13(3)12-17-23(21,22)16-11-8-7-10-15(16)18(19)20/h7-8,10-11,13,17H,2,4,6,9,12H2,1,3H3. The topological polar surface area (TPSA) is 89.3 Å². The number of nitrogens with zero attached hydrogens (tertiary/aromatic N) is 1. The van der Waals surface area contributed by atoms with E-state index in [4.69, 9.17) is 0 Å². The quantitative estimate of drug-likeness (QED) is 0.424. The zero-order chi connectivity index (χ0) is 17.5. The second-order valence-corrected chi connectivity index (χ2v) is 7.02. The van der Waals surface area contributed by atoms with Gasteiger partial charge in [0.2, 0.25) is 10.0 Å². The van der Waals surface area contributed by atoms with Crippen molar-refractivity contribution in [3.8, 4) is 0 Å². The highest BCUT2D eigenvalue weighted by molar-refractivity contribution is 7.89. The highest BCUT2D eigenvalue weighted by Gasteiger charge is 2.25. The zero-order valence-corrected chi connectivity index (χ0v) is 14.2. The minimum Gasteiger partial charge on any atom is -0.258 e. The van der Waals surface area contributed by atoms with Crippen molar-refractivity contribution >= 4 is 15.7 Å². The summed E-state index contributed by atoms with van der Waals surface area (Å²) in [5.74, 6) is -0.0726. The van der Waals surface area contributed by atoms with E-state index in [1.54, 1.807) is 0 Å². The number of para-hydroxylation sites is 1. The summed E-state index contributed by atoms with van der Waals surface area (Å²) in [6.45, 7) is 7.75. The van der Waals surface area contributed by atoms with Gasteiger partial charge in [0.1, 0.15) is 0 Å². The Morgan fingerprint density at radius 2 is 2.09 bits per heavy atom. The summed E-state index contributed by atoms with van der Waals surface area (Å²) >= 11 is 0. The molecule has 0 heterocycles. The molecular formula is C16H22N2O4S. The van der Waals surface area contributed by atoms with E-state index in [0.717, 1.165) is 24.8 Å². The van der Waals surface area contributed by atoms with Gasteiger partial charge in [-0.2, -0.15) is 0 Å². The minimum atomic E-state index is -3.95. The maximum atomic E-state index is 12.3. The van der Waals surface area contributed by atoms with E-state index in [9.17, 15) is 18.5 Å². The highest BCUT2D eigenvalue weighted by atomic mass is 32.2. The van der Waals surface area contributed by atoms with Crippen LogP contribution in [0.1, 0.15) is 33.1 Å². The lowest BCUT2D eigenvalue weighted by atomic mass is 9.97. The first-order valence-electron chi connectivity index (χ1n) is 7.45. The Kier molecular flexibility index (Phi) is 7.16. The Morgan fingerprint density at radius 3 is 2.65 bits per heavy atom. The Hall–Kier alpha value is -1.95. The van der Waals surface area contributed by atoms with E-state index in [2.05, 4.69) is 24.0 Å². The smallest absolute Gasteiger partial charge is 0.258 e. The highest BCUT2D eigenvalue weighted by Crippen LogP contribution is 2.23. The maximum Gasteiger partial charge on any atom is 0.289 e. The molecule has 0 fully saturated rings. The summed E-state index contributed by atoms with van der Waals surface area (Å²) in [7, 11) is -3.95. The molecule has 126 valence electrons. The van der Waals surface area contributed by atoms with Gasteiger partial charge < -0.3 is 0 Å². The first-order chi connectivity index (χ1) is 10.8. The molecule has 1 N–H and O–H groups in total. The van der Waals surface area contributed by atoms with E-state index < -0.39 is 20.6 Å². The number of unbranched alkanes of at least 4 members (excludes halogenated alkanes) is 1. The molecule has 7 heteroatoms. The van der Waals surface area contributed by atoms with Gasteiger partial charge in [-0.3, -0.25) is 10.1 Å². The van der Waals surface area contributed by atoms with Crippen LogP contribution in [0.3, 0.4) is 0 Å². The van der Waals surface area contributed by atoms with Crippen molar-refractivity contribution in [3.63, 3.8) is 0 Å². The molecule has 1 rings (SSSR count). The molecule has 0 radical (unpaired) electrons. The molecule has 6 nitrogen and oxygen atoms in total. The van der Waals surface area contributed by atoms with Crippen molar-refractivity contribution in [2.45, 2.75) is 38.0 Å². The number of nitro benzene ring substituents is 1. The van der Waals surface area contributed by atoms with Crippen LogP contribution in [0, 0.1) is 16.0 Å². The number of sulfonamides is 1. The molecule has 1 aromatic carbocycles. The van der Waals surface area contributed by atoms with Gasteiger partial charge in [0.05, 0.1) is 4.92 Å². The van der Waals surface area contributed by atoms with Crippen molar-refractivity contribution in [1.29, 1.82) is 0 Å². The van der Waals surface area contributed by atoms with Crippen LogP contribution in [-0.4, -0.2) is 19.9 Å². The molecule has 0 aliphatic heterocycles. The lowest BCUT2D eigenvalue weighted by molar-refractivity contribution is -0.387. The van der Waals surface area contributed by atoms with Crippen LogP contribution in [0.25, 0.3) is 0 Å². The average molecular weight is 338 g/mol. The van der Waals surface area contributed by atoms with Crippen LogP contribution >= 0.6 is 0 Å². The number of nitrogens with one attached hydrogen (secondary N) is 1. The average Bonchev–Trinajstić information content (AvgIpc) is 2.53. The van der Waals surface area contributed by atoms with Gasteiger partial charge in [-0.25, -0.2) is 13.1 Å². The third-order valence-electron chi connectivity index (χ3n) is 3.55. The van der Waals surface area contributed by atoms with Crippen LogP contribution in [0.4, 0.5) is 5.69 Å². The molecule has 0 bridgehead atoms. The lowest BCUT2D eigenvalue weighted by Gasteiger charge is -2.15. The normalized spacial score (nSPS) is 12.4. The van der Waals surface area contributed by atoms with Gasteiger partial charge in [0.15, 0.2) is 4.90 Å². The van der Waals surface area contributed by atoms with E-state index >= 15 is 0 Å². The molecule has 1 atom stereocenters. The Balaban J connectivity index is 2.88. The lowest BCUT2D eigenvalue weighted by Crippen LogP contribution is -2.29. The minimum absolute atomic E-state index is 0.0726. The Bertz CT molecular complexity index is 707. The number of benzene rings is 1. The molecule has 1 aromatic rings. The van der Waals surface area contributed by atoms with E-state index in [0.29, 0.717) is 0 Å². The SMILES string of the molecule is C=C=C(CCCC)C(C)CNS(=O)(=O)c1ccccc1[N+](=O)[O-]. The van der Waals surface area contributed by atoms with Crippen molar-refractivity contribution in [2.24, 2.45) is 5.92 Å². The van der Waals surface area contributed by atoms with Gasteiger partial charge in [-0.05, 0) is 30.4 Å². The van der Waals surface area contributed by atoms with Crippen molar-refractivity contribution < 1.29 is 13.3 Å². The van der Waals surface area contributed by atoms with E-state index in [-0.39, 0.29) is 17.4 Å². The summed E-state index contributed by atoms with van der Waals surface area (Å²) in [5, 5.41) is 11.0. The van der Waals surface area contributed by atoms with Crippen LogP contribution in [0.15, 0.2) is 47.0 Å². The van der Waals surface area contributed by atoms with Crippen LogP contribution < -0.4 is 4.72 Å². The predicted molar refractivity (Wildman–Crippen MR) is 89.6 cm³/mol. The fourth-order valence-corrected chi connectivity index (χ4v) is 3.45. The van der Waals surface area contributed by atoms with Gasteiger partial charge in [0, 0.05) is 12.6 Å². The van der Waals surface area contributed by atoms with Crippen LogP contribution in [0.5, 0.6) is 0 Å². The fourth-order valence-electron chi connectivity index (χ4n) is 2.15. The van der Waals surface area contributed by atoms with Gasteiger partial charge >= 0.3 is 0 Å². The fraction of sp³-hybridized carbons (Fsp3) is 0.438. The molecule has 0 saturated heterocycles. The largest absolute Gasteiger partial charge is 0.289 e. The molecule has 0 aromatic heterocycles. The molecule has 0 aliphatic rings. The molecule has 0 spiro atoms. The second kappa shape index (κ2) is 8.62. The molecule has 0 aliphatic carbocycles. The second-order valence-electron chi connectivity index (χ2n) is 5.28. The molecule has 1 unspecified atom stereocenters. The third-order valence-corrected chi connectivity index (χ3v) is 5.02. The molecular weight excluding hydrogens is 316 g/mol. The number of hydrogen-bond acceptors (Lipinski definition) is 4. The summed E-state index contributed by atoms with van der Waals surface area (Å²) in [5.41, 5.74) is 3.39. The van der Waals surface area contributed by atoms with E-state index in [1.165, 1.54) is 24.3 Å². The van der Waals surface area contributed by atoms with Crippen molar-refractivity contribution in [2.75, 3.05) is 6.54 Å². The number of rotatable bonds is 9.